The van der Waals surface area contributed by atoms with E-state index in [-0.39, 0.29) is 17.7 Å². The van der Waals surface area contributed by atoms with Gasteiger partial charge in [-0.1, -0.05) is 24.3 Å². The van der Waals surface area contributed by atoms with Crippen molar-refractivity contribution in [3.8, 4) is 11.5 Å². The third-order valence-electron chi connectivity index (χ3n) is 7.54. The summed E-state index contributed by atoms with van der Waals surface area (Å²) in [6, 6.07) is 22.3. The second-order valence-corrected chi connectivity index (χ2v) is 9.54. The van der Waals surface area contributed by atoms with Gasteiger partial charge in [0.1, 0.15) is 11.5 Å². The van der Waals surface area contributed by atoms with Crippen LogP contribution in [0.5, 0.6) is 11.5 Å². The highest BCUT2D eigenvalue weighted by Gasteiger charge is 2.37. The van der Waals surface area contributed by atoms with Crippen LogP contribution in [-0.2, 0) is 4.79 Å². The molecule has 3 aromatic carbocycles. The van der Waals surface area contributed by atoms with E-state index in [1.54, 1.807) is 14.2 Å². The number of rotatable bonds is 7. The highest BCUT2D eigenvalue weighted by atomic mass is 16.5. The number of nitrogens with one attached hydrogen (secondary N) is 2. The lowest BCUT2D eigenvalue weighted by atomic mass is 9.78. The van der Waals surface area contributed by atoms with Crippen LogP contribution in [0, 0.1) is 0 Å². The fourth-order valence-electron chi connectivity index (χ4n) is 5.59. The lowest BCUT2D eigenvalue weighted by molar-refractivity contribution is -0.116. The molecule has 2 aliphatic rings. The van der Waals surface area contributed by atoms with Gasteiger partial charge >= 0.3 is 0 Å². The summed E-state index contributed by atoms with van der Waals surface area (Å²) in [5.41, 5.74) is 6.99. The number of carbonyl (C=O) groups excluding carboxylic acids is 1. The number of hydrogen-bond donors (Lipinski definition) is 2. The number of hydrogen-bond acceptors (Lipinski definition) is 6. The van der Waals surface area contributed by atoms with Crippen molar-refractivity contribution < 1.29 is 14.3 Å². The van der Waals surface area contributed by atoms with Crippen molar-refractivity contribution in [1.82, 2.24) is 0 Å². The normalized spacial score (nSPS) is 18.6. The minimum atomic E-state index is -0.238. The zero-order valence-electron chi connectivity index (χ0n) is 22.0. The van der Waals surface area contributed by atoms with Crippen LogP contribution >= 0.6 is 0 Å². The van der Waals surface area contributed by atoms with Gasteiger partial charge in [-0.2, -0.15) is 0 Å². The van der Waals surface area contributed by atoms with E-state index in [1.807, 2.05) is 30.3 Å². The number of anilines is 3. The lowest BCUT2D eigenvalue weighted by Crippen LogP contribution is -2.27. The summed E-state index contributed by atoms with van der Waals surface area (Å²) in [4.78, 5) is 16.2. The van der Waals surface area contributed by atoms with Crippen LogP contribution in [-0.4, -0.2) is 33.1 Å². The molecule has 0 amide bonds. The average molecular weight is 498 g/mol. The molecule has 0 saturated carbocycles. The van der Waals surface area contributed by atoms with Crippen molar-refractivity contribution in [1.29, 1.82) is 0 Å². The number of carbonyl (C=O) groups is 1. The molecule has 2 N–H and O–H groups in total. The molecule has 1 aliphatic heterocycles. The summed E-state index contributed by atoms with van der Waals surface area (Å²) in [7, 11) is 3.33. The van der Waals surface area contributed by atoms with E-state index in [9.17, 15) is 4.79 Å². The van der Waals surface area contributed by atoms with E-state index < -0.39 is 0 Å². The van der Waals surface area contributed by atoms with Gasteiger partial charge < -0.3 is 25.0 Å². The first-order valence-corrected chi connectivity index (χ1v) is 13.0. The van der Waals surface area contributed by atoms with Gasteiger partial charge in [0.05, 0.1) is 31.6 Å². The first kappa shape index (κ1) is 24.8. The molecule has 6 nitrogen and oxygen atoms in total. The van der Waals surface area contributed by atoms with Crippen LogP contribution in [0.4, 0.5) is 17.1 Å². The third-order valence-corrected chi connectivity index (χ3v) is 7.54. The van der Waals surface area contributed by atoms with Crippen molar-refractivity contribution in [3.63, 3.8) is 0 Å². The number of allylic oxidation sites excluding steroid dienone is 1. The molecule has 0 spiro atoms. The number of ether oxygens (including phenoxy) is 2. The fraction of sp³-hybridized carbons (Fsp3) is 0.323. The Morgan fingerprint density at radius 2 is 1.62 bits per heavy atom. The Kier molecular flexibility index (Phi) is 7.08. The number of methoxy groups -OCH3 is 2. The van der Waals surface area contributed by atoms with E-state index in [0.717, 1.165) is 58.4 Å². The first-order chi connectivity index (χ1) is 18.1. The second-order valence-electron chi connectivity index (χ2n) is 9.54. The van der Waals surface area contributed by atoms with E-state index >= 15 is 0 Å². The van der Waals surface area contributed by atoms with Gasteiger partial charge in [-0.25, -0.2) is 0 Å². The molecule has 0 radical (unpaired) electrons. The number of fused-ring (bicyclic) bond motifs is 1. The van der Waals surface area contributed by atoms with Crippen molar-refractivity contribution in [2.75, 3.05) is 42.8 Å². The van der Waals surface area contributed by atoms with Gasteiger partial charge in [0.2, 0.25) is 0 Å². The Labute approximate surface area is 219 Å². The fourth-order valence-corrected chi connectivity index (χ4v) is 5.59. The standard InChI is InChI=1S/C31H35N3O3/c1-5-34(6-2)22-13-11-20(12-14-22)31-30-27(32-25-9-7-8-10-26(25)33-31)17-21(18-28(30)35)24-19-23(36-3)15-16-29(24)37-4/h7-16,19,21,31-33H,5-6,17-18H2,1-4H3. The third kappa shape index (κ3) is 4.76. The second kappa shape index (κ2) is 10.6. The molecular formula is C31H35N3O3. The van der Waals surface area contributed by atoms with Crippen LogP contribution in [0.1, 0.15) is 49.8 Å². The smallest absolute Gasteiger partial charge is 0.163 e. The Balaban J connectivity index is 1.57. The topological polar surface area (TPSA) is 62.8 Å². The molecule has 1 heterocycles. The zero-order chi connectivity index (χ0) is 25.9. The Hall–Kier alpha value is -3.93. The molecule has 0 fully saturated rings. The summed E-state index contributed by atoms with van der Waals surface area (Å²) in [6.07, 6.45) is 1.12. The predicted molar refractivity (Wildman–Crippen MR) is 150 cm³/mol. The molecule has 0 aromatic heterocycles. The molecule has 3 aromatic rings. The Bertz CT molecular complexity index is 1310. The number of Topliss-reactive ketones (excluding diaryl/α,β-unsaturated/α-hetero) is 1. The van der Waals surface area contributed by atoms with Gasteiger partial charge in [0.15, 0.2) is 5.78 Å². The Morgan fingerprint density at radius 3 is 2.30 bits per heavy atom. The van der Waals surface area contributed by atoms with E-state index in [4.69, 9.17) is 9.47 Å². The molecule has 2 unspecified atom stereocenters. The molecule has 0 bridgehead atoms. The van der Waals surface area contributed by atoms with Crippen LogP contribution in [0.2, 0.25) is 0 Å². The number of para-hydroxylation sites is 2. The van der Waals surface area contributed by atoms with Crippen LogP contribution in [0.3, 0.4) is 0 Å². The first-order valence-electron chi connectivity index (χ1n) is 13.0. The van der Waals surface area contributed by atoms with Crippen molar-refractivity contribution >= 4 is 22.8 Å². The summed E-state index contributed by atoms with van der Waals surface area (Å²) in [6.45, 7) is 6.24. The van der Waals surface area contributed by atoms with Crippen molar-refractivity contribution in [3.05, 3.63) is 89.1 Å². The molecule has 37 heavy (non-hydrogen) atoms. The van der Waals surface area contributed by atoms with Gasteiger partial charge in [-0.3, -0.25) is 4.79 Å². The molecule has 0 saturated heterocycles. The van der Waals surface area contributed by atoms with Crippen LogP contribution in [0.15, 0.2) is 78.0 Å². The van der Waals surface area contributed by atoms with E-state index in [2.05, 4.69) is 65.8 Å². The number of ketones is 1. The van der Waals surface area contributed by atoms with Crippen molar-refractivity contribution in [2.45, 2.75) is 38.6 Å². The summed E-state index contributed by atoms with van der Waals surface area (Å²) >= 11 is 0. The lowest BCUT2D eigenvalue weighted by Gasteiger charge is -2.31. The number of nitrogens with zero attached hydrogens (tertiary/aromatic N) is 1. The molecule has 2 atom stereocenters. The minimum absolute atomic E-state index is 0.0141. The predicted octanol–water partition coefficient (Wildman–Crippen LogP) is 6.53. The summed E-state index contributed by atoms with van der Waals surface area (Å²) in [5, 5.41) is 7.30. The molecule has 5 rings (SSSR count). The molecule has 6 heteroatoms. The maximum absolute atomic E-state index is 13.9. The van der Waals surface area contributed by atoms with Crippen molar-refractivity contribution in [2.24, 2.45) is 0 Å². The Morgan fingerprint density at radius 1 is 0.892 bits per heavy atom. The van der Waals surface area contributed by atoms with E-state index in [1.165, 1.54) is 5.69 Å². The van der Waals surface area contributed by atoms with Gasteiger partial charge in [-0.15, -0.1) is 0 Å². The minimum Gasteiger partial charge on any atom is -0.497 e. The molecule has 1 aliphatic carbocycles. The number of benzene rings is 3. The highest BCUT2D eigenvalue weighted by molar-refractivity contribution is 6.01. The average Bonchev–Trinajstić information content (AvgIpc) is 3.10. The van der Waals surface area contributed by atoms with Gasteiger partial charge in [0.25, 0.3) is 0 Å². The largest absolute Gasteiger partial charge is 0.497 e. The SMILES string of the molecule is CCN(CC)c1ccc(C2Nc3ccccc3NC3=C2C(=O)CC(c2cc(OC)ccc2OC)C3)cc1. The molecule has 192 valence electrons. The van der Waals surface area contributed by atoms with E-state index in [0.29, 0.717) is 12.8 Å². The summed E-state index contributed by atoms with van der Waals surface area (Å²) in [5.74, 6) is 1.66. The van der Waals surface area contributed by atoms with Gasteiger partial charge in [0, 0.05) is 47.9 Å². The monoisotopic (exact) mass is 497 g/mol. The zero-order valence-corrected chi connectivity index (χ0v) is 22.0. The van der Waals surface area contributed by atoms with Gasteiger partial charge in [-0.05, 0) is 68.3 Å². The highest BCUT2D eigenvalue weighted by Crippen LogP contribution is 2.46. The van der Waals surface area contributed by atoms with Crippen LogP contribution < -0.4 is 25.0 Å². The maximum Gasteiger partial charge on any atom is 0.163 e. The maximum atomic E-state index is 13.9. The quantitative estimate of drug-likeness (QED) is 0.387. The molecular weight excluding hydrogens is 462 g/mol. The van der Waals surface area contributed by atoms with Crippen LogP contribution in [0.25, 0.3) is 0 Å². The summed E-state index contributed by atoms with van der Waals surface area (Å²) < 4.78 is 11.2.